The summed E-state index contributed by atoms with van der Waals surface area (Å²) in [6.07, 6.45) is -0.584. The average Bonchev–Trinajstić information content (AvgIpc) is 2.74. The van der Waals surface area contributed by atoms with E-state index in [-0.39, 0.29) is 25.0 Å². The van der Waals surface area contributed by atoms with Gasteiger partial charge in [-0.3, -0.25) is 19.2 Å². The van der Waals surface area contributed by atoms with Gasteiger partial charge < -0.3 is 42.7 Å². The molecule has 32 heavy (non-hydrogen) atoms. The summed E-state index contributed by atoms with van der Waals surface area (Å²) >= 11 is 0. The first-order valence-corrected chi connectivity index (χ1v) is 9.56. The van der Waals surface area contributed by atoms with Crippen LogP contribution in [0.2, 0.25) is 0 Å². The van der Waals surface area contributed by atoms with Crippen LogP contribution < -0.4 is 27.4 Å². The lowest BCUT2D eigenvalue weighted by Gasteiger charge is -2.22. The minimum Gasteiger partial charge on any atom is -0.508 e. The number of carboxylic acids is 1. The summed E-state index contributed by atoms with van der Waals surface area (Å²) in [6, 6.07) is 1.87. The van der Waals surface area contributed by atoms with E-state index in [0.717, 1.165) is 0 Å². The Morgan fingerprint density at radius 1 is 0.969 bits per heavy atom. The van der Waals surface area contributed by atoms with Gasteiger partial charge in [0.15, 0.2) is 0 Å². The normalized spacial score (nSPS) is 13.3. The van der Waals surface area contributed by atoms with Gasteiger partial charge in [-0.2, -0.15) is 0 Å². The summed E-state index contributed by atoms with van der Waals surface area (Å²) in [5.74, 6) is -4.54. The molecule has 13 nitrogen and oxygen atoms in total. The molecule has 0 heterocycles. The number of rotatable bonds is 13. The van der Waals surface area contributed by atoms with Crippen molar-refractivity contribution < 1.29 is 39.3 Å². The van der Waals surface area contributed by atoms with Gasteiger partial charge in [0, 0.05) is 12.8 Å². The molecule has 1 rings (SSSR count). The fourth-order valence-electron chi connectivity index (χ4n) is 2.52. The molecule has 0 aromatic heterocycles. The van der Waals surface area contributed by atoms with Crippen LogP contribution in [0.5, 0.6) is 5.75 Å². The van der Waals surface area contributed by atoms with Crippen LogP contribution in [-0.2, 0) is 30.4 Å². The number of aliphatic carboxylic acids is 1. The lowest BCUT2D eigenvalue weighted by molar-refractivity contribution is -0.142. The summed E-state index contributed by atoms with van der Waals surface area (Å²) in [5.41, 5.74) is 10.9. The Bertz CT molecular complexity index is 830. The zero-order valence-corrected chi connectivity index (χ0v) is 17.1. The van der Waals surface area contributed by atoms with Gasteiger partial charge in [0.1, 0.15) is 23.9 Å². The second-order valence-electron chi connectivity index (χ2n) is 6.90. The van der Waals surface area contributed by atoms with Crippen LogP contribution in [0.4, 0.5) is 0 Å². The molecule has 0 bridgehead atoms. The monoisotopic (exact) mass is 453 g/mol. The van der Waals surface area contributed by atoms with Crippen LogP contribution in [0.15, 0.2) is 24.3 Å². The van der Waals surface area contributed by atoms with Gasteiger partial charge in [0.25, 0.3) is 0 Å². The van der Waals surface area contributed by atoms with E-state index in [1.165, 1.54) is 24.3 Å². The Balaban J connectivity index is 2.90. The smallest absolute Gasteiger partial charge is 0.326 e. The maximum absolute atomic E-state index is 12.7. The summed E-state index contributed by atoms with van der Waals surface area (Å²) in [4.78, 5) is 58.9. The van der Waals surface area contributed by atoms with Gasteiger partial charge in [-0.25, -0.2) is 4.79 Å². The minimum atomic E-state index is -1.42. The van der Waals surface area contributed by atoms with Crippen molar-refractivity contribution in [3.8, 4) is 5.75 Å². The molecule has 0 saturated carbocycles. The van der Waals surface area contributed by atoms with Crippen molar-refractivity contribution in [3.63, 3.8) is 0 Å². The first kappa shape index (κ1) is 26.3. The second-order valence-corrected chi connectivity index (χ2v) is 6.90. The average molecular weight is 453 g/mol. The van der Waals surface area contributed by atoms with Crippen molar-refractivity contribution in [2.24, 2.45) is 11.5 Å². The molecule has 3 unspecified atom stereocenters. The third-order valence-electron chi connectivity index (χ3n) is 4.28. The molecule has 176 valence electrons. The first-order chi connectivity index (χ1) is 15.0. The van der Waals surface area contributed by atoms with Crippen molar-refractivity contribution in [2.75, 3.05) is 13.2 Å². The number of amides is 4. The van der Waals surface area contributed by atoms with Crippen molar-refractivity contribution in [1.29, 1.82) is 0 Å². The number of aliphatic hydroxyl groups is 1. The number of carbonyl (C=O) groups is 5. The molecule has 0 saturated heterocycles. The predicted octanol–water partition coefficient (Wildman–Crippen LogP) is -3.31. The summed E-state index contributed by atoms with van der Waals surface area (Å²) < 4.78 is 0. The number of phenolic OH excluding ortho intramolecular Hbond substituents is 1. The molecule has 4 amide bonds. The van der Waals surface area contributed by atoms with E-state index in [1.807, 2.05) is 0 Å². The number of aromatic hydroxyl groups is 1. The minimum absolute atomic E-state index is 0.0147. The highest BCUT2D eigenvalue weighted by atomic mass is 16.4. The van der Waals surface area contributed by atoms with Gasteiger partial charge in [-0.05, 0) is 24.1 Å². The Labute approximate surface area is 183 Å². The standard InChI is InChI=1S/C19H27N5O8/c20-12(9-25)17(29)22-8-16(28)23-14(7-10-1-3-11(26)4-2-10)18(30)24-13(19(31)32)5-6-15(21)27/h1-4,12-14,25-26H,5-9,20H2,(H2,21,27)(H,22,29)(H,23,28)(H,24,30)(H,31,32). The predicted molar refractivity (Wildman–Crippen MR) is 110 cm³/mol. The quantitative estimate of drug-likeness (QED) is 0.149. The second kappa shape index (κ2) is 12.9. The number of benzene rings is 1. The third kappa shape index (κ3) is 9.40. The molecular formula is C19H27N5O8. The molecule has 0 aliphatic rings. The Morgan fingerprint density at radius 3 is 2.12 bits per heavy atom. The fraction of sp³-hybridized carbons (Fsp3) is 0.421. The number of nitrogens with one attached hydrogen (secondary N) is 3. The first-order valence-electron chi connectivity index (χ1n) is 9.56. The molecule has 0 radical (unpaired) electrons. The molecule has 13 heteroatoms. The van der Waals surface area contributed by atoms with E-state index >= 15 is 0 Å². The largest absolute Gasteiger partial charge is 0.508 e. The lowest BCUT2D eigenvalue weighted by Crippen LogP contribution is -2.54. The topological polar surface area (TPSA) is 234 Å². The van der Waals surface area contributed by atoms with Crippen molar-refractivity contribution >= 4 is 29.6 Å². The number of hydrogen-bond donors (Lipinski definition) is 8. The SMILES string of the molecule is NC(=O)CCC(NC(=O)C(Cc1ccc(O)cc1)NC(=O)CNC(=O)C(N)CO)C(=O)O. The summed E-state index contributed by atoms with van der Waals surface area (Å²) in [6.45, 7) is -1.17. The molecule has 0 fully saturated rings. The highest BCUT2D eigenvalue weighted by molar-refractivity contribution is 5.92. The van der Waals surface area contributed by atoms with E-state index in [1.54, 1.807) is 0 Å². The maximum Gasteiger partial charge on any atom is 0.326 e. The lowest BCUT2D eigenvalue weighted by atomic mass is 10.0. The Morgan fingerprint density at radius 2 is 1.59 bits per heavy atom. The highest BCUT2D eigenvalue weighted by Crippen LogP contribution is 2.12. The van der Waals surface area contributed by atoms with E-state index in [9.17, 15) is 34.2 Å². The van der Waals surface area contributed by atoms with Gasteiger partial charge in [0.05, 0.1) is 13.2 Å². The molecule has 0 aliphatic heterocycles. The zero-order valence-electron chi connectivity index (χ0n) is 17.1. The fourth-order valence-corrected chi connectivity index (χ4v) is 2.52. The molecule has 0 spiro atoms. The number of nitrogens with two attached hydrogens (primary N) is 2. The molecule has 1 aromatic rings. The summed E-state index contributed by atoms with van der Waals surface area (Å²) in [5, 5.41) is 34.3. The maximum atomic E-state index is 12.7. The van der Waals surface area contributed by atoms with Crippen LogP contribution in [0.1, 0.15) is 18.4 Å². The van der Waals surface area contributed by atoms with Crippen LogP contribution >= 0.6 is 0 Å². The third-order valence-corrected chi connectivity index (χ3v) is 4.28. The zero-order chi connectivity index (χ0) is 24.3. The number of carboxylic acid groups (broad SMARTS) is 1. The Kier molecular flexibility index (Phi) is 10.6. The van der Waals surface area contributed by atoms with Gasteiger partial charge >= 0.3 is 5.97 Å². The number of phenols is 1. The van der Waals surface area contributed by atoms with Crippen molar-refractivity contribution in [2.45, 2.75) is 37.4 Å². The number of aliphatic hydroxyl groups excluding tert-OH is 1. The van der Waals surface area contributed by atoms with Crippen molar-refractivity contribution in [3.05, 3.63) is 29.8 Å². The molecule has 1 aromatic carbocycles. The number of primary amides is 1. The van der Waals surface area contributed by atoms with Crippen molar-refractivity contribution in [1.82, 2.24) is 16.0 Å². The van der Waals surface area contributed by atoms with Crippen LogP contribution in [0.25, 0.3) is 0 Å². The van der Waals surface area contributed by atoms with Crippen LogP contribution in [0, 0.1) is 0 Å². The Hall–Kier alpha value is -3.71. The van der Waals surface area contributed by atoms with Gasteiger partial charge in [0.2, 0.25) is 23.6 Å². The van der Waals surface area contributed by atoms with Gasteiger partial charge in [-0.1, -0.05) is 12.1 Å². The van der Waals surface area contributed by atoms with E-state index in [2.05, 4.69) is 16.0 Å². The number of carbonyl (C=O) groups excluding carboxylic acids is 4. The summed E-state index contributed by atoms with van der Waals surface area (Å²) in [7, 11) is 0. The van der Waals surface area contributed by atoms with E-state index < -0.39 is 60.9 Å². The van der Waals surface area contributed by atoms with E-state index in [4.69, 9.17) is 16.6 Å². The molecule has 10 N–H and O–H groups in total. The molecule has 3 atom stereocenters. The van der Waals surface area contributed by atoms with Crippen LogP contribution in [0.3, 0.4) is 0 Å². The number of hydrogen-bond acceptors (Lipinski definition) is 8. The van der Waals surface area contributed by atoms with Crippen LogP contribution in [-0.4, -0.2) is 76.2 Å². The van der Waals surface area contributed by atoms with Gasteiger partial charge in [-0.15, -0.1) is 0 Å². The molecule has 0 aliphatic carbocycles. The van der Waals surface area contributed by atoms with E-state index in [0.29, 0.717) is 5.56 Å². The molecular weight excluding hydrogens is 426 g/mol. The highest BCUT2D eigenvalue weighted by Gasteiger charge is 2.27.